The summed E-state index contributed by atoms with van der Waals surface area (Å²) in [4.78, 5) is 2.42. The number of aryl methyl sites for hydroxylation is 2. The highest BCUT2D eigenvalue weighted by molar-refractivity contribution is 5.50. The Bertz CT molecular complexity index is 459. The summed E-state index contributed by atoms with van der Waals surface area (Å²) < 4.78 is 7.87. The fourth-order valence-electron chi connectivity index (χ4n) is 3.13. The third-order valence-corrected chi connectivity index (χ3v) is 3.89. The Balaban J connectivity index is 2.17. The summed E-state index contributed by atoms with van der Waals surface area (Å²) in [5.41, 5.74) is 2.44. The van der Waals surface area contributed by atoms with Crippen molar-refractivity contribution in [3.63, 3.8) is 0 Å². The second-order valence-corrected chi connectivity index (χ2v) is 6.70. The van der Waals surface area contributed by atoms with Crippen molar-refractivity contribution in [2.45, 2.75) is 53.4 Å². The lowest BCUT2D eigenvalue weighted by molar-refractivity contribution is -0.00569. The van der Waals surface area contributed by atoms with Crippen molar-refractivity contribution in [2.75, 3.05) is 24.5 Å². The van der Waals surface area contributed by atoms with Crippen LogP contribution in [0.4, 0.5) is 5.82 Å². The van der Waals surface area contributed by atoms with E-state index in [1.54, 1.807) is 0 Å². The molecular weight excluding hydrogens is 264 g/mol. The lowest BCUT2D eigenvalue weighted by Gasteiger charge is -2.37. The monoisotopic (exact) mass is 294 g/mol. The van der Waals surface area contributed by atoms with Crippen LogP contribution in [0.1, 0.15) is 39.0 Å². The molecule has 0 bridgehead atoms. The van der Waals surface area contributed by atoms with E-state index in [0.717, 1.165) is 31.9 Å². The number of hydrogen-bond acceptors (Lipinski definition) is 4. The van der Waals surface area contributed by atoms with Gasteiger partial charge < -0.3 is 15.0 Å². The Morgan fingerprint density at radius 3 is 2.48 bits per heavy atom. The number of aromatic nitrogens is 2. The van der Waals surface area contributed by atoms with Gasteiger partial charge in [-0.2, -0.15) is 5.10 Å². The first-order valence-corrected chi connectivity index (χ1v) is 8.02. The molecule has 0 radical (unpaired) electrons. The average molecular weight is 294 g/mol. The molecule has 1 aliphatic rings. The van der Waals surface area contributed by atoms with Crippen molar-refractivity contribution in [1.82, 2.24) is 15.1 Å². The Morgan fingerprint density at radius 1 is 1.29 bits per heavy atom. The van der Waals surface area contributed by atoms with E-state index in [1.807, 2.05) is 11.7 Å². The third-order valence-electron chi connectivity index (χ3n) is 3.89. The van der Waals surface area contributed by atoms with Crippen LogP contribution in [0, 0.1) is 12.8 Å². The van der Waals surface area contributed by atoms with Gasteiger partial charge in [-0.25, -0.2) is 0 Å². The molecule has 5 nitrogen and oxygen atoms in total. The van der Waals surface area contributed by atoms with E-state index in [2.05, 4.69) is 49.9 Å². The molecule has 1 saturated heterocycles. The maximum Gasteiger partial charge on any atom is 0.131 e. The highest BCUT2D eigenvalue weighted by atomic mass is 16.5. The maximum atomic E-state index is 5.85. The number of hydrogen-bond donors (Lipinski definition) is 1. The topological polar surface area (TPSA) is 42.3 Å². The Morgan fingerprint density at radius 2 is 1.90 bits per heavy atom. The third kappa shape index (κ3) is 3.98. The van der Waals surface area contributed by atoms with Gasteiger partial charge in [-0.1, -0.05) is 13.8 Å². The molecule has 1 fully saturated rings. The van der Waals surface area contributed by atoms with E-state index in [0.29, 0.717) is 5.92 Å². The van der Waals surface area contributed by atoms with Gasteiger partial charge in [-0.3, -0.25) is 4.68 Å². The SMILES string of the molecule is Cc1nn(C)c(N2CC(C)OC(C)C2)c1CNCC(C)C. The molecule has 1 aromatic rings. The first kappa shape index (κ1) is 16.3. The molecule has 1 N–H and O–H groups in total. The van der Waals surface area contributed by atoms with Crippen molar-refractivity contribution >= 4 is 5.82 Å². The van der Waals surface area contributed by atoms with Crippen LogP contribution in [0.2, 0.25) is 0 Å². The summed E-state index contributed by atoms with van der Waals surface area (Å²) in [7, 11) is 2.04. The lowest BCUT2D eigenvalue weighted by Crippen LogP contribution is -2.46. The minimum absolute atomic E-state index is 0.264. The van der Waals surface area contributed by atoms with Gasteiger partial charge in [0.25, 0.3) is 0 Å². The summed E-state index contributed by atoms with van der Waals surface area (Å²) in [5, 5.41) is 8.17. The minimum Gasteiger partial charge on any atom is -0.372 e. The summed E-state index contributed by atoms with van der Waals surface area (Å²) in [6.45, 7) is 14.6. The van der Waals surface area contributed by atoms with Gasteiger partial charge in [0.15, 0.2) is 0 Å². The quantitative estimate of drug-likeness (QED) is 0.903. The molecular formula is C16H30N4O. The molecule has 0 aliphatic carbocycles. The molecule has 2 atom stereocenters. The van der Waals surface area contributed by atoms with Crippen molar-refractivity contribution in [1.29, 1.82) is 0 Å². The van der Waals surface area contributed by atoms with Crippen LogP contribution in [0.25, 0.3) is 0 Å². The normalized spacial score (nSPS) is 23.1. The fraction of sp³-hybridized carbons (Fsp3) is 0.812. The number of morpholine rings is 1. The number of anilines is 1. The molecule has 0 saturated carbocycles. The van der Waals surface area contributed by atoms with E-state index in [9.17, 15) is 0 Å². The first-order chi connectivity index (χ1) is 9.88. The molecule has 0 aromatic carbocycles. The predicted octanol–water partition coefficient (Wildman–Crippen LogP) is 2.09. The maximum absolute atomic E-state index is 5.85. The number of ether oxygens (including phenoxy) is 1. The van der Waals surface area contributed by atoms with Crippen molar-refractivity contribution in [3.05, 3.63) is 11.3 Å². The fourth-order valence-corrected chi connectivity index (χ4v) is 3.13. The zero-order chi connectivity index (χ0) is 15.6. The second kappa shape index (κ2) is 6.79. The molecule has 0 amide bonds. The van der Waals surface area contributed by atoms with E-state index in [1.165, 1.54) is 11.4 Å². The van der Waals surface area contributed by atoms with Gasteiger partial charge in [0.2, 0.25) is 0 Å². The van der Waals surface area contributed by atoms with Crippen LogP contribution in [0.3, 0.4) is 0 Å². The van der Waals surface area contributed by atoms with Crippen molar-refractivity contribution < 1.29 is 4.74 Å². The number of rotatable bonds is 5. The standard InChI is InChI=1S/C16H30N4O/c1-11(2)7-17-8-15-14(5)18-19(6)16(15)20-9-12(3)21-13(4)10-20/h11-13,17H,7-10H2,1-6H3. The molecule has 21 heavy (non-hydrogen) atoms. The van der Waals surface area contributed by atoms with Gasteiger partial charge in [0, 0.05) is 32.2 Å². The molecule has 5 heteroatoms. The minimum atomic E-state index is 0.264. The van der Waals surface area contributed by atoms with Crippen LogP contribution in [-0.2, 0) is 18.3 Å². The largest absolute Gasteiger partial charge is 0.372 e. The lowest BCUT2D eigenvalue weighted by atomic mass is 10.1. The van der Waals surface area contributed by atoms with Crippen molar-refractivity contribution in [3.8, 4) is 0 Å². The Kier molecular flexibility index (Phi) is 5.27. The van der Waals surface area contributed by atoms with Crippen LogP contribution in [0.15, 0.2) is 0 Å². The number of nitrogens with zero attached hydrogens (tertiary/aromatic N) is 3. The molecule has 1 aliphatic heterocycles. The second-order valence-electron chi connectivity index (χ2n) is 6.70. The summed E-state index contributed by atoms with van der Waals surface area (Å²) >= 11 is 0. The van der Waals surface area contributed by atoms with E-state index < -0.39 is 0 Å². The van der Waals surface area contributed by atoms with Crippen LogP contribution in [-0.4, -0.2) is 41.6 Å². The van der Waals surface area contributed by atoms with Crippen molar-refractivity contribution in [2.24, 2.45) is 13.0 Å². The van der Waals surface area contributed by atoms with E-state index in [-0.39, 0.29) is 12.2 Å². The van der Waals surface area contributed by atoms with E-state index in [4.69, 9.17) is 4.74 Å². The van der Waals surface area contributed by atoms with Gasteiger partial charge in [0.05, 0.1) is 17.9 Å². The van der Waals surface area contributed by atoms with E-state index >= 15 is 0 Å². The Hall–Kier alpha value is -1.07. The summed E-state index contributed by atoms with van der Waals surface area (Å²) in [5.74, 6) is 1.90. The zero-order valence-corrected chi connectivity index (χ0v) is 14.3. The summed E-state index contributed by atoms with van der Waals surface area (Å²) in [6.07, 6.45) is 0.529. The van der Waals surface area contributed by atoms with Gasteiger partial charge in [-0.05, 0) is 33.2 Å². The zero-order valence-electron chi connectivity index (χ0n) is 14.3. The molecule has 2 rings (SSSR count). The first-order valence-electron chi connectivity index (χ1n) is 8.02. The molecule has 120 valence electrons. The smallest absolute Gasteiger partial charge is 0.131 e. The highest BCUT2D eigenvalue weighted by Crippen LogP contribution is 2.26. The van der Waals surface area contributed by atoms with Gasteiger partial charge in [0.1, 0.15) is 5.82 Å². The van der Waals surface area contributed by atoms with Crippen LogP contribution >= 0.6 is 0 Å². The predicted molar refractivity (Wildman–Crippen MR) is 86.7 cm³/mol. The highest BCUT2D eigenvalue weighted by Gasteiger charge is 2.27. The average Bonchev–Trinajstić information content (AvgIpc) is 2.62. The van der Waals surface area contributed by atoms with Crippen LogP contribution < -0.4 is 10.2 Å². The molecule has 2 heterocycles. The summed E-state index contributed by atoms with van der Waals surface area (Å²) in [6, 6.07) is 0. The molecule has 0 spiro atoms. The molecule has 2 unspecified atom stereocenters. The van der Waals surface area contributed by atoms with Gasteiger partial charge in [-0.15, -0.1) is 0 Å². The number of nitrogens with one attached hydrogen (secondary N) is 1. The Labute approximate surface area is 128 Å². The van der Waals surface area contributed by atoms with Crippen LogP contribution in [0.5, 0.6) is 0 Å². The van der Waals surface area contributed by atoms with Gasteiger partial charge >= 0.3 is 0 Å². The molecule has 1 aromatic heterocycles.